The molecule has 0 bridgehead atoms. The molecule has 0 aliphatic heterocycles. The highest BCUT2D eigenvalue weighted by molar-refractivity contribution is 5.95. The SMILES string of the molecule is CC/C(=C(/C)C(=O)O)c1ccc(OC)cc1. The molecule has 0 aromatic heterocycles. The van der Waals surface area contributed by atoms with Crippen molar-refractivity contribution in [3.8, 4) is 5.75 Å². The summed E-state index contributed by atoms with van der Waals surface area (Å²) in [6, 6.07) is 7.43. The average Bonchev–Trinajstić information content (AvgIpc) is 2.30. The Kier molecular flexibility index (Phi) is 4.11. The van der Waals surface area contributed by atoms with Crippen LogP contribution in [0.5, 0.6) is 5.75 Å². The van der Waals surface area contributed by atoms with E-state index < -0.39 is 5.97 Å². The van der Waals surface area contributed by atoms with Gasteiger partial charge >= 0.3 is 5.97 Å². The number of allylic oxidation sites excluding steroid dienone is 1. The van der Waals surface area contributed by atoms with E-state index >= 15 is 0 Å². The van der Waals surface area contributed by atoms with Crippen molar-refractivity contribution in [1.82, 2.24) is 0 Å². The van der Waals surface area contributed by atoms with Crippen LogP contribution in [0.4, 0.5) is 0 Å². The first-order valence-corrected chi connectivity index (χ1v) is 5.17. The standard InChI is InChI=1S/C13H16O3/c1-4-12(9(2)13(14)15)10-5-7-11(16-3)8-6-10/h5-8H,4H2,1-3H3,(H,14,15)/b12-9+. The van der Waals surface area contributed by atoms with Gasteiger partial charge in [-0.2, -0.15) is 0 Å². The molecule has 0 atom stereocenters. The predicted octanol–water partition coefficient (Wildman–Crippen LogP) is 2.96. The minimum atomic E-state index is -0.868. The summed E-state index contributed by atoms with van der Waals surface area (Å²) in [5.41, 5.74) is 2.19. The maximum Gasteiger partial charge on any atom is 0.331 e. The van der Waals surface area contributed by atoms with E-state index in [2.05, 4.69) is 0 Å². The quantitative estimate of drug-likeness (QED) is 0.793. The van der Waals surface area contributed by atoms with Gasteiger partial charge < -0.3 is 9.84 Å². The van der Waals surface area contributed by atoms with Crippen molar-refractivity contribution >= 4 is 11.5 Å². The predicted molar refractivity (Wildman–Crippen MR) is 63.5 cm³/mol. The molecule has 0 saturated carbocycles. The Morgan fingerprint density at radius 1 is 1.31 bits per heavy atom. The highest BCUT2D eigenvalue weighted by Gasteiger charge is 2.09. The van der Waals surface area contributed by atoms with Crippen molar-refractivity contribution in [2.45, 2.75) is 20.3 Å². The van der Waals surface area contributed by atoms with Crippen LogP contribution in [-0.2, 0) is 4.79 Å². The Bertz CT molecular complexity index is 402. The summed E-state index contributed by atoms with van der Waals surface area (Å²) in [6.45, 7) is 3.58. The van der Waals surface area contributed by atoms with Crippen molar-refractivity contribution < 1.29 is 14.6 Å². The van der Waals surface area contributed by atoms with Crippen LogP contribution in [0.2, 0.25) is 0 Å². The third kappa shape index (κ3) is 2.63. The molecule has 0 aliphatic carbocycles. The number of methoxy groups -OCH3 is 1. The molecule has 0 saturated heterocycles. The highest BCUT2D eigenvalue weighted by atomic mass is 16.5. The largest absolute Gasteiger partial charge is 0.497 e. The molecule has 1 aromatic rings. The smallest absolute Gasteiger partial charge is 0.331 e. The summed E-state index contributed by atoms with van der Waals surface area (Å²) < 4.78 is 5.06. The summed E-state index contributed by atoms with van der Waals surface area (Å²) in [5, 5.41) is 8.96. The molecule has 3 nitrogen and oxygen atoms in total. The van der Waals surface area contributed by atoms with E-state index in [0.717, 1.165) is 16.9 Å². The van der Waals surface area contributed by atoms with E-state index in [1.165, 1.54) is 0 Å². The number of rotatable bonds is 4. The lowest BCUT2D eigenvalue weighted by Crippen LogP contribution is -2.00. The Labute approximate surface area is 95.4 Å². The van der Waals surface area contributed by atoms with Gasteiger partial charge in [0.2, 0.25) is 0 Å². The van der Waals surface area contributed by atoms with E-state index in [4.69, 9.17) is 9.84 Å². The number of carbonyl (C=O) groups is 1. The minimum Gasteiger partial charge on any atom is -0.497 e. The molecule has 0 aliphatic rings. The zero-order chi connectivity index (χ0) is 12.1. The molecule has 0 fully saturated rings. The molecular weight excluding hydrogens is 204 g/mol. The van der Waals surface area contributed by atoms with Crippen LogP contribution in [0, 0.1) is 0 Å². The van der Waals surface area contributed by atoms with Gasteiger partial charge in [0, 0.05) is 5.57 Å². The molecule has 86 valence electrons. The van der Waals surface area contributed by atoms with Crippen molar-refractivity contribution in [2.75, 3.05) is 7.11 Å². The fourth-order valence-electron chi connectivity index (χ4n) is 1.61. The third-order valence-electron chi connectivity index (χ3n) is 2.57. The second-order valence-corrected chi connectivity index (χ2v) is 3.49. The van der Waals surface area contributed by atoms with Crippen LogP contribution in [0.1, 0.15) is 25.8 Å². The molecule has 0 amide bonds. The van der Waals surface area contributed by atoms with Gasteiger partial charge in [0.1, 0.15) is 5.75 Å². The maximum atomic E-state index is 10.9. The Balaban J connectivity index is 3.14. The van der Waals surface area contributed by atoms with Crippen molar-refractivity contribution in [1.29, 1.82) is 0 Å². The topological polar surface area (TPSA) is 46.5 Å². The van der Waals surface area contributed by atoms with E-state index in [0.29, 0.717) is 12.0 Å². The van der Waals surface area contributed by atoms with E-state index in [9.17, 15) is 4.79 Å². The summed E-state index contributed by atoms with van der Waals surface area (Å²) in [5.74, 6) is -0.0974. The van der Waals surface area contributed by atoms with Crippen molar-refractivity contribution in [3.05, 3.63) is 35.4 Å². The molecule has 0 heterocycles. The van der Waals surface area contributed by atoms with Crippen LogP contribution in [0.3, 0.4) is 0 Å². The van der Waals surface area contributed by atoms with Gasteiger partial charge in [0.05, 0.1) is 7.11 Å². The van der Waals surface area contributed by atoms with Gasteiger partial charge in [-0.1, -0.05) is 19.1 Å². The van der Waals surface area contributed by atoms with Crippen LogP contribution in [0.25, 0.3) is 5.57 Å². The van der Waals surface area contributed by atoms with Gasteiger partial charge in [0.25, 0.3) is 0 Å². The van der Waals surface area contributed by atoms with Crippen molar-refractivity contribution in [3.63, 3.8) is 0 Å². The minimum absolute atomic E-state index is 0.396. The fraction of sp³-hybridized carbons (Fsp3) is 0.308. The highest BCUT2D eigenvalue weighted by Crippen LogP contribution is 2.24. The summed E-state index contributed by atoms with van der Waals surface area (Å²) >= 11 is 0. The fourth-order valence-corrected chi connectivity index (χ4v) is 1.61. The molecule has 1 rings (SSSR count). The first kappa shape index (κ1) is 12.3. The van der Waals surface area contributed by atoms with Crippen LogP contribution in [0.15, 0.2) is 29.8 Å². The van der Waals surface area contributed by atoms with Gasteiger partial charge in [0.15, 0.2) is 0 Å². The number of aliphatic carboxylic acids is 1. The summed E-state index contributed by atoms with van der Waals surface area (Å²) in [6.07, 6.45) is 0.699. The zero-order valence-corrected chi connectivity index (χ0v) is 9.78. The van der Waals surface area contributed by atoms with Crippen LogP contribution < -0.4 is 4.74 Å². The average molecular weight is 220 g/mol. The van der Waals surface area contributed by atoms with Gasteiger partial charge in [-0.3, -0.25) is 0 Å². The summed E-state index contributed by atoms with van der Waals surface area (Å²) in [4.78, 5) is 10.9. The Morgan fingerprint density at radius 3 is 2.25 bits per heavy atom. The zero-order valence-electron chi connectivity index (χ0n) is 9.78. The number of carboxylic acid groups (broad SMARTS) is 1. The number of hydrogen-bond donors (Lipinski definition) is 1. The van der Waals surface area contributed by atoms with Gasteiger partial charge in [-0.05, 0) is 36.6 Å². The molecule has 1 N–H and O–H groups in total. The second kappa shape index (κ2) is 5.35. The lowest BCUT2D eigenvalue weighted by atomic mass is 9.98. The maximum absolute atomic E-state index is 10.9. The molecule has 0 unspecified atom stereocenters. The third-order valence-corrected chi connectivity index (χ3v) is 2.57. The molecule has 16 heavy (non-hydrogen) atoms. The monoisotopic (exact) mass is 220 g/mol. The molecule has 0 spiro atoms. The first-order chi connectivity index (χ1) is 7.60. The Hall–Kier alpha value is -1.77. The van der Waals surface area contributed by atoms with Crippen molar-refractivity contribution in [2.24, 2.45) is 0 Å². The Morgan fingerprint density at radius 2 is 1.88 bits per heavy atom. The number of hydrogen-bond acceptors (Lipinski definition) is 2. The van der Waals surface area contributed by atoms with Gasteiger partial charge in [-0.15, -0.1) is 0 Å². The molecule has 1 aromatic carbocycles. The van der Waals surface area contributed by atoms with Gasteiger partial charge in [-0.25, -0.2) is 4.79 Å². The number of benzene rings is 1. The van der Waals surface area contributed by atoms with E-state index in [-0.39, 0.29) is 0 Å². The number of ether oxygens (including phenoxy) is 1. The summed E-state index contributed by atoms with van der Waals surface area (Å²) in [7, 11) is 1.61. The van der Waals surface area contributed by atoms with Crippen LogP contribution in [-0.4, -0.2) is 18.2 Å². The normalized spacial score (nSPS) is 11.9. The lowest BCUT2D eigenvalue weighted by Gasteiger charge is -2.08. The van der Waals surface area contributed by atoms with E-state index in [1.807, 2.05) is 31.2 Å². The van der Waals surface area contributed by atoms with E-state index in [1.54, 1.807) is 14.0 Å². The first-order valence-electron chi connectivity index (χ1n) is 5.17. The number of carboxylic acids is 1. The molecular formula is C13H16O3. The molecule has 3 heteroatoms. The van der Waals surface area contributed by atoms with Crippen LogP contribution >= 0.6 is 0 Å². The second-order valence-electron chi connectivity index (χ2n) is 3.49. The lowest BCUT2D eigenvalue weighted by molar-refractivity contribution is -0.132. The molecule has 0 radical (unpaired) electrons.